The molecule has 1 aliphatic carbocycles. The van der Waals surface area contributed by atoms with E-state index in [2.05, 4.69) is 27.5 Å². The highest BCUT2D eigenvalue weighted by molar-refractivity contribution is 7.15. The third kappa shape index (κ3) is 5.94. The molecule has 0 saturated heterocycles. The number of unbranched alkanes of at least 4 members (excludes halogenated alkanes) is 1. The minimum absolute atomic E-state index is 0.169. The Morgan fingerprint density at radius 3 is 2.84 bits per heavy atom. The van der Waals surface area contributed by atoms with Gasteiger partial charge in [-0.3, -0.25) is 14.8 Å². The number of nitrogens with one attached hydrogen (secondary N) is 1. The molecule has 1 N–H and O–H groups in total. The molecule has 0 aliphatic heterocycles. The molecule has 37 heavy (non-hydrogen) atoms. The SMILES string of the molecule is N#CCCC[C@H]1CCc2nc(NC(=O)c3cccc(Cn4cc(-c5ccc(C#N)cc5)cn4)c3)sc2C1. The summed E-state index contributed by atoms with van der Waals surface area (Å²) in [4.78, 5) is 18.9. The van der Waals surface area contributed by atoms with Gasteiger partial charge in [0.15, 0.2) is 5.13 Å². The number of hydrogen-bond acceptors (Lipinski definition) is 6. The lowest BCUT2D eigenvalue weighted by atomic mass is 9.87. The molecule has 0 radical (unpaired) electrons. The molecule has 8 heteroatoms. The maximum atomic E-state index is 13.0. The monoisotopic (exact) mass is 506 g/mol. The molecule has 1 aliphatic rings. The standard InChI is InChI=1S/C29H26N6OS/c30-13-2-1-4-20-9-12-26-27(15-20)37-29(33-26)34-28(36)24-6-3-5-22(14-24)18-35-19-25(17-32-35)23-10-7-21(16-31)8-11-23/h3,5-8,10-11,14,17,19-20H,1-2,4,9,12,15,18H2,(H,33,34,36)/t20-/m0/s1. The summed E-state index contributed by atoms with van der Waals surface area (Å²) in [7, 11) is 0. The van der Waals surface area contributed by atoms with E-state index >= 15 is 0 Å². The zero-order valence-electron chi connectivity index (χ0n) is 20.4. The number of anilines is 1. The van der Waals surface area contributed by atoms with Crippen LogP contribution >= 0.6 is 11.3 Å². The average Bonchev–Trinajstić information content (AvgIpc) is 3.55. The van der Waals surface area contributed by atoms with Crippen LogP contribution < -0.4 is 5.32 Å². The summed E-state index contributed by atoms with van der Waals surface area (Å²) in [5.74, 6) is 0.429. The largest absolute Gasteiger partial charge is 0.298 e. The molecule has 7 nitrogen and oxygen atoms in total. The van der Waals surface area contributed by atoms with Crippen LogP contribution in [0.2, 0.25) is 0 Å². The van der Waals surface area contributed by atoms with Gasteiger partial charge in [-0.05, 0) is 73.4 Å². The molecular formula is C29H26N6OS. The number of fused-ring (bicyclic) bond motifs is 1. The number of aromatic nitrogens is 3. The lowest BCUT2D eigenvalue weighted by Crippen LogP contribution is -2.13. The maximum absolute atomic E-state index is 13.0. The Morgan fingerprint density at radius 2 is 2.03 bits per heavy atom. The number of amides is 1. The first-order valence-corrected chi connectivity index (χ1v) is 13.2. The van der Waals surface area contributed by atoms with Gasteiger partial charge in [-0.2, -0.15) is 15.6 Å². The van der Waals surface area contributed by atoms with Gasteiger partial charge in [-0.1, -0.05) is 24.3 Å². The molecule has 2 aromatic heterocycles. The molecule has 0 spiro atoms. The Morgan fingerprint density at radius 1 is 1.16 bits per heavy atom. The van der Waals surface area contributed by atoms with Gasteiger partial charge < -0.3 is 0 Å². The number of carbonyl (C=O) groups excluding carboxylic acids is 1. The number of nitriles is 2. The van der Waals surface area contributed by atoms with Crippen molar-refractivity contribution in [1.82, 2.24) is 14.8 Å². The van der Waals surface area contributed by atoms with Crippen molar-refractivity contribution in [3.8, 4) is 23.3 Å². The molecule has 1 amide bonds. The lowest BCUT2D eigenvalue weighted by Gasteiger charge is -2.20. The minimum atomic E-state index is -0.169. The fourth-order valence-corrected chi connectivity index (χ4v) is 5.83. The molecular weight excluding hydrogens is 480 g/mol. The summed E-state index contributed by atoms with van der Waals surface area (Å²) in [6.45, 7) is 0.538. The Labute approximate surface area is 220 Å². The van der Waals surface area contributed by atoms with Crippen LogP contribution in [0.1, 0.15) is 57.7 Å². The number of aryl methyl sites for hydroxylation is 1. The van der Waals surface area contributed by atoms with Crippen LogP contribution in [0.25, 0.3) is 11.1 Å². The van der Waals surface area contributed by atoms with Gasteiger partial charge in [-0.15, -0.1) is 11.3 Å². The van der Waals surface area contributed by atoms with Crippen molar-refractivity contribution in [3.05, 3.63) is 88.2 Å². The molecule has 184 valence electrons. The first-order chi connectivity index (χ1) is 18.1. The van der Waals surface area contributed by atoms with Gasteiger partial charge in [0.2, 0.25) is 0 Å². The van der Waals surface area contributed by atoms with Crippen LogP contribution in [0.5, 0.6) is 0 Å². The van der Waals surface area contributed by atoms with Crippen molar-refractivity contribution in [2.75, 3.05) is 5.32 Å². The van der Waals surface area contributed by atoms with E-state index in [0.29, 0.717) is 35.1 Å². The van der Waals surface area contributed by atoms with Gasteiger partial charge >= 0.3 is 0 Å². The Balaban J connectivity index is 1.21. The average molecular weight is 507 g/mol. The smallest absolute Gasteiger partial charge is 0.257 e. The molecule has 4 aromatic rings. The van der Waals surface area contributed by atoms with Gasteiger partial charge in [0, 0.05) is 28.6 Å². The highest BCUT2D eigenvalue weighted by Crippen LogP contribution is 2.34. The number of nitrogens with zero attached hydrogens (tertiary/aromatic N) is 5. The predicted molar refractivity (Wildman–Crippen MR) is 143 cm³/mol. The molecule has 2 heterocycles. The van der Waals surface area contributed by atoms with E-state index in [0.717, 1.165) is 54.5 Å². The predicted octanol–water partition coefficient (Wildman–Crippen LogP) is 5.98. The second-order valence-corrected chi connectivity index (χ2v) is 10.4. The zero-order chi connectivity index (χ0) is 25.6. The summed E-state index contributed by atoms with van der Waals surface area (Å²) in [5, 5.41) is 25.9. The summed E-state index contributed by atoms with van der Waals surface area (Å²) < 4.78 is 1.84. The van der Waals surface area contributed by atoms with Crippen LogP contribution in [-0.4, -0.2) is 20.7 Å². The van der Waals surface area contributed by atoms with Crippen molar-refractivity contribution in [2.24, 2.45) is 5.92 Å². The van der Waals surface area contributed by atoms with Gasteiger partial charge in [0.25, 0.3) is 5.91 Å². The van der Waals surface area contributed by atoms with Gasteiger partial charge in [-0.25, -0.2) is 4.98 Å². The molecule has 0 saturated carbocycles. The lowest BCUT2D eigenvalue weighted by molar-refractivity contribution is 0.102. The summed E-state index contributed by atoms with van der Waals surface area (Å²) in [5.41, 5.74) is 5.25. The Kier molecular flexibility index (Phi) is 7.39. The van der Waals surface area contributed by atoms with Crippen molar-refractivity contribution >= 4 is 22.4 Å². The van der Waals surface area contributed by atoms with Crippen LogP contribution in [0, 0.1) is 28.6 Å². The maximum Gasteiger partial charge on any atom is 0.257 e. The van der Waals surface area contributed by atoms with E-state index < -0.39 is 0 Å². The molecule has 0 bridgehead atoms. The second kappa shape index (κ2) is 11.2. The zero-order valence-corrected chi connectivity index (χ0v) is 21.2. The quantitative estimate of drug-likeness (QED) is 0.296. The van der Waals surface area contributed by atoms with E-state index in [4.69, 9.17) is 10.5 Å². The van der Waals surface area contributed by atoms with E-state index in [1.807, 2.05) is 47.3 Å². The van der Waals surface area contributed by atoms with Crippen LogP contribution in [0.3, 0.4) is 0 Å². The summed E-state index contributed by atoms with van der Waals surface area (Å²) in [6.07, 6.45) is 9.41. The van der Waals surface area contributed by atoms with Crippen LogP contribution in [-0.2, 0) is 19.4 Å². The van der Waals surface area contributed by atoms with E-state index in [9.17, 15) is 4.79 Å². The van der Waals surface area contributed by atoms with E-state index in [-0.39, 0.29) is 5.91 Å². The number of hydrogen-bond donors (Lipinski definition) is 1. The molecule has 0 fully saturated rings. The molecule has 2 aromatic carbocycles. The third-order valence-electron chi connectivity index (χ3n) is 6.68. The van der Waals surface area contributed by atoms with Gasteiger partial charge in [0.05, 0.1) is 36.1 Å². The van der Waals surface area contributed by atoms with Crippen molar-refractivity contribution in [3.63, 3.8) is 0 Å². The number of rotatable bonds is 8. The Hall–Kier alpha value is -4.27. The highest BCUT2D eigenvalue weighted by atomic mass is 32.1. The first-order valence-electron chi connectivity index (χ1n) is 12.4. The third-order valence-corrected chi connectivity index (χ3v) is 7.71. The molecule has 5 rings (SSSR count). The molecule has 0 unspecified atom stereocenters. The number of carbonyl (C=O) groups is 1. The number of thiazole rings is 1. The fourth-order valence-electron chi connectivity index (χ4n) is 4.72. The van der Waals surface area contributed by atoms with Crippen LogP contribution in [0.15, 0.2) is 60.9 Å². The van der Waals surface area contributed by atoms with Crippen molar-refractivity contribution < 1.29 is 4.79 Å². The van der Waals surface area contributed by atoms with Crippen molar-refractivity contribution in [1.29, 1.82) is 10.5 Å². The highest BCUT2D eigenvalue weighted by Gasteiger charge is 2.23. The first kappa shape index (κ1) is 24.4. The Bertz CT molecular complexity index is 1490. The topological polar surface area (TPSA) is 107 Å². The summed E-state index contributed by atoms with van der Waals surface area (Å²) in [6, 6.07) is 19.3. The van der Waals surface area contributed by atoms with Crippen LogP contribution in [0.4, 0.5) is 5.13 Å². The van der Waals surface area contributed by atoms with E-state index in [1.54, 1.807) is 29.7 Å². The number of benzene rings is 2. The second-order valence-electron chi connectivity index (χ2n) is 9.32. The minimum Gasteiger partial charge on any atom is -0.298 e. The fraction of sp³-hybridized carbons (Fsp3) is 0.276. The normalized spacial score (nSPS) is 14.4. The van der Waals surface area contributed by atoms with Crippen molar-refractivity contribution in [2.45, 2.75) is 45.1 Å². The van der Waals surface area contributed by atoms with Gasteiger partial charge in [0.1, 0.15) is 0 Å². The summed E-state index contributed by atoms with van der Waals surface area (Å²) >= 11 is 1.57. The van der Waals surface area contributed by atoms with E-state index in [1.165, 1.54) is 4.88 Å². The molecule has 1 atom stereocenters.